The van der Waals surface area contributed by atoms with Crippen LogP contribution in [-0.2, 0) is 0 Å². The second-order valence-corrected chi connectivity index (χ2v) is 6.67. The summed E-state index contributed by atoms with van der Waals surface area (Å²) in [5.74, 6) is 0. The molecule has 1 N–H and O–H groups in total. The highest BCUT2D eigenvalue weighted by atomic mass is 15.2. The maximum absolute atomic E-state index is 4.76. The van der Waals surface area contributed by atoms with Gasteiger partial charge in [0, 0.05) is 25.8 Å². The largest absolute Gasteiger partial charge is 0.315 e. The summed E-state index contributed by atoms with van der Waals surface area (Å²) in [6.07, 6.45) is 3.11. The molecule has 0 bridgehead atoms. The lowest BCUT2D eigenvalue weighted by Crippen LogP contribution is -2.34. The Hall–Kier alpha value is -1.71. The molecule has 1 saturated heterocycles. The van der Waals surface area contributed by atoms with E-state index in [2.05, 4.69) is 55.3 Å². The summed E-state index contributed by atoms with van der Waals surface area (Å²) in [5.41, 5.74) is 6.48. The van der Waals surface area contributed by atoms with Gasteiger partial charge in [-0.25, -0.2) is 0 Å². The Bertz CT molecular complexity index is 637. The smallest absolute Gasteiger partial charge is 0.0779 e. The molecule has 1 unspecified atom stereocenters. The van der Waals surface area contributed by atoms with E-state index in [1.165, 1.54) is 34.4 Å². The number of aryl methyl sites for hydroxylation is 3. The first-order valence-electron chi connectivity index (χ1n) is 8.59. The van der Waals surface area contributed by atoms with Gasteiger partial charge in [-0.3, -0.25) is 9.88 Å². The van der Waals surface area contributed by atoms with E-state index >= 15 is 0 Å². The van der Waals surface area contributed by atoms with E-state index in [4.69, 9.17) is 4.98 Å². The first-order chi connectivity index (χ1) is 11.1. The lowest BCUT2D eigenvalue weighted by molar-refractivity contribution is 0.236. The van der Waals surface area contributed by atoms with Crippen molar-refractivity contribution in [3.05, 3.63) is 64.5 Å². The first-order valence-corrected chi connectivity index (χ1v) is 8.59. The third-order valence-electron chi connectivity index (χ3n) is 4.61. The molecule has 122 valence electrons. The predicted octanol–water partition coefficient (Wildman–Crippen LogP) is 3.39. The second kappa shape index (κ2) is 7.24. The van der Waals surface area contributed by atoms with E-state index in [1.54, 1.807) is 0 Å². The fourth-order valence-electron chi connectivity index (χ4n) is 3.62. The molecule has 1 aromatic heterocycles. The summed E-state index contributed by atoms with van der Waals surface area (Å²) >= 11 is 0. The van der Waals surface area contributed by atoms with Crippen molar-refractivity contribution in [1.82, 2.24) is 15.2 Å². The molecule has 2 heterocycles. The fourth-order valence-corrected chi connectivity index (χ4v) is 3.62. The summed E-state index contributed by atoms with van der Waals surface area (Å²) in [6, 6.07) is 11.3. The van der Waals surface area contributed by atoms with Gasteiger partial charge in [-0.05, 0) is 50.9 Å². The van der Waals surface area contributed by atoms with E-state index in [0.717, 1.165) is 26.2 Å². The van der Waals surface area contributed by atoms with Gasteiger partial charge in [0.25, 0.3) is 0 Å². The first kappa shape index (κ1) is 16.2. The molecule has 1 atom stereocenters. The molecule has 1 fully saturated rings. The number of hydrogen-bond donors (Lipinski definition) is 1. The van der Waals surface area contributed by atoms with Crippen molar-refractivity contribution in [1.29, 1.82) is 0 Å². The van der Waals surface area contributed by atoms with Crippen LogP contribution in [0.3, 0.4) is 0 Å². The standard InChI is InChI=1S/C20H27N3/c1-15-12-16(2)14-18(13-15)20(19-17(3)6-4-8-22-19)23-10-5-7-21-9-11-23/h4,6,8,12-14,20-21H,5,7,9-11H2,1-3H3. The minimum atomic E-state index is 0.245. The van der Waals surface area contributed by atoms with Crippen LogP contribution >= 0.6 is 0 Å². The van der Waals surface area contributed by atoms with Crippen LogP contribution in [0.5, 0.6) is 0 Å². The third-order valence-corrected chi connectivity index (χ3v) is 4.61. The van der Waals surface area contributed by atoms with Crippen LogP contribution < -0.4 is 5.32 Å². The summed E-state index contributed by atoms with van der Waals surface area (Å²) < 4.78 is 0. The highest BCUT2D eigenvalue weighted by Crippen LogP contribution is 2.31. The topological polar surface area (TPSA) is 28.2 Å². The van der Waals surface area contributed by atoms with Gasteiger partial charge in [-0.15, -0.1) is 0 Å². The molecule has 2 aromatic rings. The predicted molar refractivity (Wildman–Crippen MR) is 95.8 cm³/mol. The van der Waals surface area contributed by atoms with Gasteiger partial charge in [0.2, 0.25) is 0 Å². The number of nitrogens with one attached hydrogen (secondary N) is 1. The molecule has 0 aliphatic carbocycles. The lowest BCUT2D eigenvalue weighted by Gasteiger charge is -2.31. The molecule has 1 aliphatic heterocycles. The van der Waals surface area contributed by atoms with Crippen molar-refractivity contribution < 1.29 is 0 Å². The average molecular weight is 309 g/mol. The van der Waals surface area contributed by atoms with Gasteiger partial charge in [0.15, 0.2) is 0 Å². The third kappa shape index (κ3) is 3.80. The Morgan fingerprint density at radius 2 is 1.83 bits per heavy atom. The van der Waals surface area contributed by atoms with Crippen molar-refractivity contribution in [2.24, 2.45) is 0 Å². The van der Waals surface area contributed by atoms with Crippen LogP contribution in [0.1, 0.15) is 40.4 Å². The van der Waals surface area contributed by atoms with Crippen molar-refractivity contribution >= 4 is 0 Å². The molecule has 0 spiro atoms. The molecule has 0 amide bonds. The van der Waals surface area contributed by atoms with Crippen molar-refractivity contribution in [2.45, 2.75) is 33.2 Å². The summed E-state index contributed by atoms with van der Waals surface area (Å²) in [4.78, 5) is 7.34. The van der Waals surface area contributed by atoms with E-state index in [1.807, 2.05) is 12.3 Å². The normalized spacial score (nSPS) is 17.7. The second-order valence-electron chi connectivity index (χ2n) is 6.67. The van der Waals surface area contributed by atoms with E-state index < -0.39 is 0 Å². The minimum Gasteiger partial charge on any atom is -0.315 e. The lowest BCUT2D eigenvalue weighted by atomic mass is 9.95. The molecule has 3 rings (SSSR count). The number of aromatic nitrogens is 1. The van der Waals surface area contributed by atoms with Gasteiger partial charge < -0.3 is 5.32 Å². The van der Waals surface area contributed by atoms with E-state index in [9.17, 15) is 0 Å². The maximum atomic E-state index is 4.76. The number of rotatable bonds is 3. The van der Waals surface area contributed by atoms with Gasteiger partial charge in [-0.1, -0.05) is 35.4 Å². The van der Waals surface area contributed by atoms with Crippen molar-refractivity contribution in [3.63, 3.8) is 0 Å². The molecular formula is C20H27N3. The summed E-state index contributed by atoms with van der Waals surface area (Å²) in [7, 11) is 0. The Kier molecular flexibility index (Phi) is 5.09. The number of nitrogens with zero attached hydrogens (tertiary/aromatic N) is 2. The molecule has 3 nitrogen and oxygen atoms in total. The van der Waals surface area contributed by atoms with Crippen LogP contribution in [0.4, 0.5) is 0 Å². The summed E-state index contributed by atoms with van der Waals surface area (Å²) in [6.45, 7) is 10.9. The fraction of sp³-hybridized carbons (Fsp3) is 0.450. The zero-order valence-electron chi connectivity index (χ0n) is 14.5. The van der Waals surface area contributed by atoms with Crippen LogP contribution in [0.25, 0.3) is 0 Å². The zero-order valence-corrected chi connectivity index (χ0v) is 14.5. The zero-order chi connectivity index (χ0) is 16.2. The monoisotopic (exact) mass is 309 g/mol. The number of pyridine rings is 1. The highest BCUT2D eigenvalue weighted by Gasteiger charge is 2.25. The van der Waals surface area contributed by atoms with E-state index in [0.29, 0.717) is 0 Å². The van der Waals surface area contributed by atoms with Gasteiger partial charge in [-0.2, -0.15) is 0 Å². The summed E-state index contributed by atoms with van der Waals surface area (Å²) in [5, 5.41) is 3.51. The molecule has 3 heteroatoms. The van der Waals surface area contributed by atoms with Crippen LogP contribution in [0.2, 0.25) is 0 Å². The minimum absolute atomic E-state index is 0.245. The van der Waals surface area contributed by atoms with Crippen LogP contribution in [-0.4, -0.2) is 36.1 Å². The molecule has 0 saturated carbocycles. The SMILES string of the molecule is Cc1cc(C)cc(C(c2ncccc2C)N2CCCNCC2)c1. The maximum Gasteiger partial charge on any atom is 0.0779 e. The van der Waals surface area contributed by atoms with Gasteiger partial charge in [0.1, 0.15) is 0 Å². The van der Waals surface area contributed by atoms with Crippen LogP contribution in [0, 0.1) is 20.8 Å². The van der Waals surface area contributed by atoms with Gasteiger partial charge >= 0.3 is 0 Å². The molecule has 0 radical (unpaired) electrons. The quantitative estimate of drug-likeness (QED) is 0.942. The molecule has 23 heavy (non-hydrogen) atoms. The van der Waals surface area contributed by atoms with E-state index in [-0.39, 0.29) is 6.04 Å². The van der Waals surface area contributed by atoms with Crippen LogP contribution in [0.15, 0.2) is 36.5 Å². The Labute approximate surface area is 139 Å². The molecule has 1 aromatic carbocycles. The molecule has 1 aliphatic rings. The Morgan fingerprint density at radius 1 is 1.04 bits per heavy atom. The Balaban J connectivity index is 2.07. The van der Waals surface area contributed by atoms with Crippen molar-refractivity contribution in [2.75, 3.05) is 26.2 Å². The number of hydrogen-bond acceptors (Lipinski definition) is 3. The Morgan fingerprint density at radius 3 is 2.57 bits per heavy atom. The molecular weight excluding hydrogens is 282 g/mol. The van der Waals surface area contributed by atoms with Gasteiger partial charge in [0.05, 0.1) is 11.7 Å². The highest BCUT2D eigenvalue weighted by molar-refractivity contribution is 5.37. The number of benzene rings is 1. The average Bonchev–Trinajstić information content (AvgIpc) is 2.78. The van der Waals surface area contributed by atoms with Crippen molar-refractivity contribution in [3.8, 4) is 0 Å².